The van der Waals surface area contributed by atoms with E-state index in [0.29, 0.717) is 57.4 Å². The number of rotatable bonds is 22. The Morgan fingerprint density at radius 2 is 1.44 bits per heavy atom. The molecule has 0 aliphatic carbocycles. The molecule has 294 valence electrons. The van der Waals surface area contributed by atoms with Gasteiger partial charge in [-0.3, -0.25) is 9.36 Å². The molecule has 3 amide bonds. The van der Waals surface area contributed by atoms with E-state index in [1.165, 1.54) is 0 Å². The van der Waals surface area contributed by atoms with Crippen molar-refractivity contribution in [3.05, 3.63) is 108 Å². The quantitative estimate of drug-likeness (QED) is 0.0325. The van der Waals surface area contributed by atoms with E-state index in [1.54, 1.807) is 0 Å². The maximum Gasteiger partial charge on any atom is 0.341 e. The van der Waals surface area contributed by atoms with E-state index in [9.17, 15) is 14.2 Å². The topological polar surface area (TPSA) is 139 Å². The van der Waals surface area contributed by atoms with Crippen molar-refractivity contribution in [1.82, 2.24) is 26.1 Å². The molecule has 11 nitrogen and oxygen atoms in total. The van der Waals surface area contributed by atoms with Crippen LogP contribution in [0, 0.1) is 0 Å². The molecule has 0 aromatic heterocycles. The van der Waals surface area contributed by atoms with Gasteiger partial charge < -0.3 is 29.9 Å². The molecular formula is C41H58N5O6PS. The van der Waals surface area contributed by atoms with Crippen LogP contribution in [0.15, 0.2) is 91.0 Å². The van der Waals surface area contributed by atoms with Crippen molar-refractivity contribution in [2.75, 3.05) is 38.6 Å². The highest BCUT2D eigenvalue weighted by Gasteiger charge is 2.43. The van der Waals surface area contributed by atoms with Crippen molar-refractivity contribution in [1.29, 1.82) is 0 Å². The number of thioether (sulfide) groups is 1. The maximum absolute atomic E-state index is 14.1. The van der Waals surface area contributed by atoms with Crippen LogP contribution in [0.25, 0.3) is 0 Å². The Hall–Kier alpha value is -3.22. The standard InChI is InChI=1S/C41H58N5O6PS/c1-5-50-29-28-44-53(49,52-40(2,3)4)43-27-25-34(24-26-42-37(47)23-15-22-36-38-35(30-54-36)45-39(48)46-38)51-41(31-16-9-6-10-17-31,32-18-11-7-12-19-32)33-20-13-8-14-21-33/h6-14,16-21,34-36,38H,5,15,22-30H2,1-4H3,(H,42,47)(H2,43,44,49)(H2,45,46,48). The lowest BCUT2D eigenvalue weighted by molar-refractivity contribution is -0.121. The van der Waals surface area contributed by atoms with Gasteiger partial charge >= 0.3 is 13.7 Å². The summed E-state index contributed by atoms with van der Waals surface area (Å²) in [5.74, 6) is 0.885. The second-order valence-corrected chi connectivity index (χ2v) is 17.9. The van der Waals surface area contributed by atoms with Crippen LogP contribution in [0.2, 0.25) is 0 Å². The van der Waals surface area contributed by atoms with E-state index in [2.05, 4.69) is 62.5 Å². The normalized spacial score (nSPS) is 20.1. The number of hydrogen-bond donors (Lipinski definition) is 5. The molecule has 5 unspecified atom stereocenters. The van der Waals surface area contributed by atoms with Crippen LogP contribution < -0.4 is 26.1 Å². The van der Waals surface area contributed by atoms with Gasteiger partial charge in [-0.05, 0) is 70.1 Å². The molecule has 0 radical (unpaired) electrons. The van der Waals surface area contributed by atoms with Gasteiger partial charge in [0.05, 0.1) is 30.4 Å². The Morgan fingerprint density at radius 3 is 2.02 bits per heavy atom. The minimum Gasteiger partial charge on any atom is -0.380 e. The second kappa shape index (κ2) is 20.1. The Balaban J connectivity index is 1.33. The monoisotopic (exact) mass is 779 g/mol. The van der Waals surface area contributed by atoms with Crippen molar-refractivity contribution >= 4 is 31.4 Å². The lowest BCUT2D eigenvalue weighted by Crippen LogP contribution is -2.40. The first-order chi connectivity index (χ1) is 26.0. The van der Waals surface area contributed by atoms with E-state index in [-0.39, 0.29) is 30.1 Å². The summed E-state index contributed by atoms with van der Waals surface area (Å²) >= 11 is 1.86. The fourth-order valence-electron chi connectivity index (χ4n) is 7.09. The first-order valence-corrected chi connectivity index (χ1v) is 21.9. The number of urea groups is 1. The van der Waals surface area contributed by atoms with Gasteiger partial charge in [0.25, 0.3) is 0 Å². The van der Waals surface area contributed by atoms with Gasteiger partial charge in [-0.15, -0.1) is 0 Å². The third-order valence-corrected chi connectivity index (χ3v) is 13.1. The highest BCUT2D eigenvalue weighted by atomic mass is 32.2. The molecule has 13 heteroatoms. The number of ether oxygens (including phenoxy) is 2. The fourth-order valence-corrected chi connectivity index (χ4v) is 10.5. The highest BCUT2D eigenvalue weighted by molar-refractivity contribution is 8.00. The molecule has 2 fully saturated rings. The summed E-state index contributed by atoms with van der Waals surface area (Å²) in [6.45, 7) is 9.63. The van der Waals surface area contributed by atoms with Crippen LogP contribution in [-0.4, -0.2) is 79.6 Å². The first kappa shape index (κ1) is 41.9. The van der Waals surface area contributed by atoms with Crippen LogP contribution in [0.5, 0.6) is 0 Å². The van der Waals surface area contributed by atoms with E-state index in [4.69, 9.17) is 14.0 Å². The molecule has 2 aliphatic rings. The summed E-state index contributed by atoms with van der Waals surface area (Å²) in [6, 6.07) is 30.8. The number of fused-ring (bicyclic) bond motifs is 1. The Labute approximate surface area is 325 Å². The molecule has 54 heavy (non-hydrogen) atoms. The minimum absolute atomic E-state index is 0.0120. The second-order valence-electron chi connectivity index (χ2n) is 14.7. The number of carbonyl (C=O) groups is 2. The number of hydrogen-bond acceptors (Lipinski definition) is 7. The molecule has 3 aromatic carbocycles. The van der Waals surface area contributed by atoms with Gasteiger partial charge in [-0.2, -0.15) is 11.8 Å². The molecule has 0 saturated carbocycles. The number of benzene rings is 3. The predicted molar refractivity (Wildman–Crippen MR) is 217 cm³/mol. The summed E-state index contributed by atoms with van der Waals surface area (Å²) in [5, 5.41) is 15.7. The van der Waals surface area contributed by atoms with Crippen molar-refractivity contribution in [3.8, 4) is 0 Å². The van der Waals surface area contributed by atoms with Crippen LogP contribution in [0.1, 0.15) is 76.5 Å². The molecular weight excluding hydrogens is 722 g/mol. The molecule has 2 aliphatic heterocycles. The minimum atomic E-state index is -3.47. The van der Waals surface area contributed by atoms with E-state index < -0.39 is 18.9 Å². The van der Waals surface area contributed by atoms with Crippen LogP contribution in [-0.2, 0) is 29.0 Å². The molecule has 5 atom stereocenters. The summed E-state index contributed by atoms with van der Waals surface area (Å²) in [5.41, 5.74) is 1.30. The number of nitrogens with one attached hydrogen (secondary N) is 5. The van der Waals surface area contributed by atoms with Gasteiger partial charge in [-0.1, -0.05) is 91.0 Å². The molecule has 5 rings (SSSR count). The number of amides is 3. The first-order valence-electron chi connectivity index (χ1n) is 19.2. The van der Waals surface area contributed by atoms with Crippen molar-refractivity contribution in [2.45, 2.75) is 94.4 Å². The molecule has 5 N–H and O–H groups in total. The Bertz CT molecular complexity index is 1550. The van der Waals surface area contributed by atoms with Gasteiger partial charge in [0.1, 0.15) is 5.60 Å². The summed E-state index contributed by atoms with van der Waals surface area (Å²) < 4.78 is 33.0. The molecule has 2 saturated heterocycles. The van der Waals surface area contributed by atoms with E-state index in [1.807, 2.05) is 94.1 Å². The van der Waals surface area contributed by atoms with E-state index >= 15 is 0 Å². The number of carbonyl (C=O) groups excluding carboxylic acids is 2. The predicted octanol–water partition coefficient (Wildman–Crippen LogP) is 6.73. The molecule has 0 bridgehead atoms. The highest BCUT2D eigenvalue weighted by Crippen LogP contribution is 2.44. The lowest BCUT2D eigenvalue weighted by Gasteiger charge is -2.39. The third kappa shape index (κ3) is 11.9. The molecule has 3 aromatic rings. The van der Waals surface area contributed by atoms with Gasteiger partial charge in [0.15, 0.2) is 0 Å². The molecule has 2 heterocycles. The largest absolute Gasteiger partial charge is 0.380 e. The Kier molecular flexibility index (Phi) is 15.6. The van der Waals surface area contributed by atoms with Crippen LogP contribution in [0.4, 0.5) is 4.79 Å². The Morgan fingerprint density at radius 1 is 0.870 bits per heavy atom. The smallest absolute Gasteiger partial charge is 0.341 e. The summed E-state index contributed by atoms with van der Waals surface area (Å²) in [6.07, 6.45) is 2.63. The zero-order valence-electron chi connectivity index (χ0n) is 32.1. The van der Waals surface area contributed by atoms with Crippen molar-refractivity contribution in [2.24, 2.45) is 0 Å². The zero-order valence-corrected chi connectivity index (χ0v) is 33.8. The van der Waals surface area contributed by atoms with E-state index in [0.717, 1.165) is 35.3 Å². The fraction of sp³-hybridized carbons (Fsp3) is 0.512. The van der Waals surface area contributed by atoms with Crippen LogP contribution in [0.3, 0.4) is 0 Å². The summed E-state index contributed by atoms with van der Waals surface area (Å²) in [7, 11) is -3.47. The average Bonchev–Trinajstić information content (AvgIpc) is 3.71. The van der Waals surface area contributed by atoms with Crippen molar-refractivity contribution in [3.63, 3.8) is 0 Å². The summed E-state index contributed by atoms with van der Waals surface area (Å²) in [4.78, 5) is 24.9. The average molecular weight is 780 g/mol. The van der Waals surface area contributed by atoms with Gasteiger partial charge in [0.2, 0.25) is 5.91 Å². The van der Waals surface area contributed by atoms with Gasteiger partial charge in [-0.25, -0.2) is 15.0 Å². The lowest BCUT2D eigenvalue weighted by atomic mass is 9.79. The molecule has 0 spiro atoms. The SMILES string of the molecule is CCOCCNP(=O)(NCCC(CCNC(=O)CCCC1SCC2NC(=O)NC21)OC(c1ccccc1)(c1ccccc1)c1ccccc1)OC(C)(C)C. The maximum atomic E-state index is 14.1. The van der Waals surface area contributed by atoms with Gasteiger partial charge in [0, 0.05) is 43.7 Å². The van der Waals surface area contributed by atoms with Crippen LogP contribution >= 0.6 is 19.4 Å². The third-order valence-electron chi connectivity index (χ3n) is 9.46. The van der Waals surface area contributed by atoms with Crippen molar-refractivity contribution < 1.29 is 28.2 Å². The zero-order chi connectivity index (χ0) is 38.4.